The third kappa shape index (κ3) is 3.07. The van der Waals surface area contributed by atoms with E-state index in [4.69, 9.17) is 5.14 Å². The van der Waals surface area contributed by atoms with Gasteiger partial charge >= 0.3 is 0 Å². The van der Waals surface area contributed by atoms with Gasteiger partial charge in [-0.05, 0) is 61.1 Å². The first-order chi connectivity index (χ1) is 12.3. The quantitative estimate of drug-likeness (QED) is 0.843. The van der Waals surface area contributed by atoms with Crippen molar-refractivity contribution in [2.24, 2.45) is 5.14 Å². The lowest BCUT2D eigenvalue weighted by molar-refractivity contribution is 0.314. The summed E-state index contributed by atoms with van der Waals surface area (Å²) in [6.07, 6.45) is 3.34. The van der Waals surface area contributed by atoms with Gasteiger partial charge in [-0.3, -0.25) is 0 Å². The number of nitrogens with zero attached hydrogens (tertiary/aromatic N) is 1. The van der Waals surface area contributed by atoms with Crippen LogP contribution in [0, 0.1) is 0 Å². The largest absolute Gasteiger partial charge is 0.243 e. The van der Waals surface area contributed by atoms with E-state index >= 15 is 0 Å². The van der Waals surface area contributed by atoms with E-state index in [1.807, 2.05) is 24.3 Å². The van der Waals surface area contributed by atoms with Gasteiger partial charge in [0.1, 0.15) is 0 Å². The standard InChI is InChI=1S/C18H20N2O4S2/c19-25(21,22)15-8-10-16(11-9-15)26(23,24)20(14-6-7-14)18-12-5-13-3-1-2-4-17(13)18/h1-4,8-11,14,18H,5-7,12H2,(H2,19,21,22). The molecule has 6 nitrogen and oxygen atoms in total. The maximum atomic E-state index is 13.3. The normalized spacial score (nSPS) is 20.3. The fourth-order valence-electron chi connectivity index (χ4n) is 3.67. The number of hydrogen-bond acceptors (Lipinski definition) is 4. The van der Waals surface area contributed by atoms with E-state index in [1.165, 1.54) is 29.8 Å². The number of nitrogens with two attached hydrogens (primary N) is 1. The minimum Gasteiger partial charge on any atom is -0.225 e. The Morgan fingerprint density at radius 3 is 2.08 bits per heavy atom. The molecule has 4 rings (SSSR count). The predicted octanol–water partition coefficient (Wildman–Crippen LogP) is 2.17. The Bertz CT molecular complexity index is 1040. The summed E-state index contributed by atoms with van der Waals surface area (Å²) in [6.45, 7) is 0. The van der Waals surface area contributed by atoms with Crippen molar-refractivity contribution in [3.05, 3.63) is 59.7 Å². The Hall–Kier alpha value is -1.74. The lowest BCUT2D eigenvalue weighted by Crippen LogP contribution is -2.36. The first-order valence-electron chi connectivity index (χ1n) is 8.53. The van der Waals surface area contributed by atoms with Crippen LogP contribution in [0.15, 0.2) is 58.3 Å². The lowest BCUT2D eigenvalue weighted by atomic mass is 10.1. The van der Waals surface area contributed by atoms with E-state index in [9.17, 15) is 16.8 Å². The monoisotopic (exact) mass is 392 g/mol. The molecular weight excluding hydrogens is 372 g/mol. The van der Waals surface area contributed by atoms with Gasteiger partial charge in [0.15, 0.2) is 0 Å². The van der Waals surface area contributed by atoms with Crippen LogP contribution in [0.25, 0.3) is 0 Å². The molecule has 0 heterocycles. The molecule has 1 atom stereocenters. The summed E-state index contributed by atoms with van der Waals surface area (Å²) in [4.78, 5) is 0.00168. The molecule has 1 saturated carbocycles. The van der Waals surface area contributed by atoms with Crippen LogP contribution in [0.2, 0.25) is 0 Å². The number of sulfonamides is 2. The second kappa shape index (κ2) is 6.16. The van der Waals surface area contributed by atoms with Crippen molar-refractivity contribution in [1.29, 1.82) is 0 Å². The molecule has 26 heavy (non-hydrogen) atoms. The van der Waals surface area contributed by atoms with Gasteiger partial charge in [0.2, 0.25) is 20.0 Å². The molecular formula is C18H20N2O4S2. The molecule has 8 heteroatoms. The average Bonchev–Trinajstić information content (AvgIpc) is 3.34. The zero-order valence-corrected chi connectivity index (χ0v) is 15.7. The topological polar surface area (TPSA) is 97.5 Å². The summed E-state index contributed by atoms with van der Waals surface area (Å²) in [7, 11) is -7.58. The summed E-state index contributed by atoms with van der Waals surface area (Å²) < 4.78 is 51.1. The van der Waals surface area contributed by atoms with Crippen LogP contribution in [0.4, 0.5) is 0 Å². The summed E-state index contributed by atoms with van der Waals surface area (Å²) >= 11 is 0. The van der Waals surface area contributed by atoms with E-state index in [0.717, 1.165) is 31.2 Å². The number of fused-ring (bicyclic) bond motifs is 1. The Morgan fingerprint density at radius 1 is 0.846 bits per heavy atom. The molecule has 1 unspecified atom stereocenters. The molecule has 2 aliphatic rings. The average molecular weight is 393 g/mol. The van der Waals surface area contributed by atoms with Gasteiger partial charge in [-0.2, -0.15) is 4.31 Å². The number of primary sulfonamides is 1. The second-order valence-electron chi connectivity index (χ2n) is 6.84. The van der Waals surface area contributed by atoms with Gasteiger partial charge in [0, 0.05) is 6.04 Å². The van der Waals surface area contributed by atoms with Crippen LogP contribution in [-0.4, -0.2) is 27.2 Å². The number of hydrogen-bond donors (Lipinski definition) is 1. The SMILES string of the molecule is NS(=O)(=O)c1ccc(S(=O)(=O)N(C2CC2)C2CCc3ccccc32)cc1. The van der Waals surface area contributed by atoms with E-state index < -0.39 is 20.0 Å². The van der Waals surface area contributed by atoms with Crippen molar-refractivity contribution in [1.82, 2.24) is 4.31 Å². The predicted molar refractivity (Wildman–Crippen MR) is 97.4 cm³/mol. The third-order valence-corrected chi connectivity index (χ3v) is 7.95. The highest BCUT2D eigenvalue weighted by molar-refractivity contribution is 7.89. The summed E-state index contributed by atoms with van der Waals surface area (Å²) in [6, 6.07) is 13.0. The molecule has 0 bridgehead atoms. The van der Waals surface area contributed by atoms with E-state index in [2.05, 4.69) is 0 Å². The van der Waals surface area contributed by atoms with E-state index in [1.54, 1.807) is 4.31 Å². The van der Waals surface area contributed by atoms with Crippen LogP contribution in [-0.2, 0) is 26.5 Å². The Labute approximate surface area is 153 Å². The maximum Gasteiger partial charge on any atom is 0.243 e. The molecule has 0 aliphatic heterocycles. The number of aryl methyl sites for hydroxylation is 1. The first-order valence-corrected chi connectivity index (χ1v) is 11.5. The van der Waals surface area contributed by atoms with Crippen molar-refractivity contribution < 1.29 is 16.8 Å². The molecule has 2 N–H and O–H groups in total. The zero-order valence-electron chi connectivity index (χ0n) is 14.1. The fourth-order valence-corrected chi connectivity index (χ4v) is 6.07. The Balaban J connectivity index is 1.73. The summed E-state index contributed by atoms with van der Waals surface area (Å²) in [5, 5.41) is 5.10. The van der Waals surface area contributed by atoms with Crippen molar-refractivity contribution in [3.63, 3.8) is 0 Å². The molecule has 0 aromatic heterocycles. The van der Waals surface area contributed by atoms with E-state index in [0.29, 0.717) is 0 Å². The van der Waals surface area contributed by atoms with Gasteiger partial charge in [0.25, 0.3) is 0 Å². The van der Waals surface area contributed by atoms with Crippen LogP contribution < -0.4 is 5.14 Å². The third-order valence-electron chi connectivity index (χ3n) is 5.04. The Kier molecular flexibility index (Phi) is 4.18. The molecule has 2 aromatic rings. The molecule has 0 saturated heterocycles. The zero-order chi connectivity index (χ0) is 18.5. The van der Waals surface area contributed by atoms with Gasteiger partial charge in [0.05, 0.1) is 15.8 Å². The lowest BCUT2D eigenvalue weighted by Gasteiger charge is -2.29. The smallest absolute Gasteiger partial charge is 0.225 e. The highest BCUT2D eigenvalue weighted by Crippen LogP contribution is 2.44. The van der Waals surface area contributed by atoms with Gasteiger partial charge in [-0.1, -0.05) is 24.3 Å². The summed E-state index contributed by atoms with van der Waals surface area (Å²) in [5.74, 6) is 0. The van der Waals surface area contributed by atoms with Crippen molar-refractivity contribution in [3.8, 4) is 0 Å². The number of rotatable bonds is 5. The van der Waals surface area contributed by atoms with Crippen LogP contribution in [0.1, 0.15) is 36.4 Å². The molecule has 1 fully saturated rings. The van der Waals surface area contributed by atoms with Gasteiger partial charge in [-0.25, -0.2) is 22.0 Å². The summed E-state index contributed by atoms with van der Waals surface area (Å²) in [5.41, 5.74) is 2.27. The molecule has 138 valence electrons. The van der Waals surface area contributed by atoms with E-state index in [-0.39, 0.29) is 21.9 Å². The Morgan fingerprint density at radius 2 is 1.46 bits per heavy atom. The van der Waals surface area contributed by atoms with Crippen LogP contribution in [0.3, 0.4) is 0 Å². The minimum absolute atomic E-state index is 0.00840. The van der Waals surface area contributed by atoms with Crippen molar-refractivity contribution in [2.75, 3.05) is 0 Å². The highest BCUT2D eigenvalue weighted by atomic mass is 32.2. The molecule has 2 aliphatic carbocycles. The molecule has 0 radical (unpaired) electrons. The molecule has 0 amide bonds. The molecule has 0 spiro atoms. The van der Waals surface area contributed by atoms with Gasteiger partial charge in [-0.15, -0.1) is 0 Å². The molecule has 2 aromatic carbocycles. The van der Waals surface area contributed by atoms with Crippen LogP contribution in [0.5, 0.6) is 0 Å². The second-order valence-corrected chi connectivity index (χ2v) is 10.2. The van der Waals surface area contributed by atoms with Crippen molar-refractivity contribution >= 4 is 20.0 Å². The minimum atomic E-state index is -3.85. The van der Waals surface area contributed by atoms with Crippen LogP contribution >= 0.6 is 0 Å². The highest BCUT2D eigenvalue weighted by Gasteiger charge is 2.44. The first kappa shape index (κ1) is 17.7. The number of benzene rings is 2. The van der Waals surface area contributed by atoms with Crippen molar-refractivity contribution in [2.45, 2.75) is 47.6 Å². The maximum absolute atomic E-state index is 13.3. The van der Waals surface area contributed by atoms with Gasteiger partial charge < -0.3 is 0 Å². The fraction of sp³-hybridized carbons (Fsp3) is 0.333.